The lowest BCUT2D eigenvalue weighted by Crippen LogP contribution is -2.21. The van der Waals surface area contributed by atoms with Crippen molar-refractivity contribution < 1.29 is 18.5 Å². The molecule has 1 N–H and O–H groups in total. The van der Waals surface area contributed by atoms with Crippen LogP contribution in [0.4, 0.5) is 5.13 Å². The van der Waals surface area contributed by atoms with Crippen LogP contribution in [0, 0.1) is 6.92 Å². The van der Waals surface area contributed by atoms with Gasteiger partial charge in [-0.15, -0.1) is 11.3 Å². The number of benzene rings is 1. The Morgan fingerprint density at radius 3 is 2.74 bits per heavy atom. The number of aryl methyl sites for hydroxylation is 1. The number of hydrogen-bond acceptors (Lipinski definition) is 6. The van der Waals surface area contributed by atoms with Crippen LogP contribution in [-0.4, -0.2) is 33.4 Å². The summed E-state index contributed by atoms with van der Waals surface area (Å²) in [6, 6.07) is 6.52. The molecule has 1 unspecified atom stereocenters. The highest BCUT2D eigenvalue weighted by Crippen LogP contribution is 2.16. The number of thiazole rings is 1. The van der Waals surface area contributed by atoms with Gasteiger partial charge in [-0.05, 0) is 19.1 Å². The molecule has 0 fully saturated rings. The minimum atomic E-state index is -1.28. The highest BCUT2D eigenvalue weighted by molar-refractivity contribution is 7.85. The second kappa shape index (κ2) is 7.98. The lowest BCUT2D eigenvalue weighted by molar-refractivity contribution is -0.119. The van der Waals surface area contributed by atoms with Crippen LogP contribution < -0.4 is 5.32 Å². The van der Waals surface area contributed by atoms with E-state index in [-0.39, 0.29) is 5.56 Å². The molecule has 0 saturated heterocycles. The average molecular weight is 352 g/mol. The summed E-state index contributed by atoms with van der Waals surface area (Å²) in [7, 11) is -1.28. The van der Waals surface area contributed by atoms with E-state index in [0.717, 1.165) is 5.69 Å². The minimum absolute atomic E-state index is 0.213. The topological polar surface area (TPSA) is 85.4 Å². The number of anilines is 1. The fourth-order valence-corrected chi connectivity index (χ4v) is 3.41. The predicted octanol–water partition coefficient (Wildman–Crippen LogP) is 2.37. The first kappa shape index (κ1) is 17.3. The van der Waals surface area contributed by atoms with Crippen LogP contribution in [0.3, 0.4) is 0 Å². The molecule has 1 heterocycles. The molecule has 8 heteroatoms. The van der Waals surface area contributed by atoms with Crippen molar-refractivity contribution in [2.75, 3.05) is 17.7 Å². The number of ether oxygens (including phenoxy) is 1. The van der Waals surface area contributed by atoms with Crippen molar-refractivity contribution in [3.8, 4) is 0 Å². The lowest BCUT2D eigenvalue weighted by atomic mass is 10.2. The zero-order chi connectivity index (χ0) is 16.8. The molecular weight excluding hydrogens is 336 g/mol. The van der Waals surface area contributed by atoms with Gasteiger partial charge in [0, 0.05) is 11.1 Å². The second-order valence-electron chi connectivity index (χ2n) is 4.55. The summed E-state index contributed by atoms with van der Waals surface area (Å²) in [5.41, 5.74) is 1.02. The van der Waals surface area contributed by atoms with Crippen molar-refractivity contribution >= 4 is 39.1 Å². The fraction of sp³-hybridized carbons (Fsp3) is 0.267. The van der Waals surface area contributed by atoms with Crippen molar-refractivity contribution in [3.63, 3.8) is 0 Å². The molecule has 0 aliphatic heterocycles. The number of amides is 1. The molecule has 1 aromatic heterocycles. The van der Waals surface area contributed by atoms with Crippen LogP contribution in [0.5, 0.6) is 0 Å². The molecule has 6 nitrogen and oxygen atoms in total. The van der Waals surface area contributed by atoms with E-state index >= 15 is 0 Å². The minimum Gasteiger partial charge on any atom is -0.452 e. The molecule has 0 bridgehead atoms. The maximum atomic E-state index is 12.1. The van der Waals surface area contributed by atoms with Gasteiger partial charge in [-0.25, -0.2) is 9.78 Å². The Labute approximate surface area is 140 Å². The molecular formula is C15H16N2O4S2. The number of nitrogens with one attached hydrogen (secondary N) is 1. The van der Waals surface area contributed by atoms with Gasteiger partial charge in [-0.2, -0.15) is 0 Å². The third kappa shape index (κ3) is 4.70. The molecule has 0 spiro atoms. The smallest absolute Gasteiger partial charge is 0.339 e. The van der Waals surface area contributed by atoms with E-state index in [4.69, 9.17) is 4.74 Å². The molecule has 0 radical (unpaired) electrons. The third-order valence-electron chi connectivity index (χ3n) is 2.81. The van der Waals surface area contributed by atoms with Crippen LogP contribution in [0.15, 0.2) is 34.5 Å². The van der Waals surface area contributed by atoms with E-state index in [1.165, 1.54) is 17.4 Å². The van der Waals surface area contributed by atoms with Crippen molar-refractivity contribution in [3.05, 3.63) is 40.9 Å². The molecule has 2 rings (SSSR count). The van der Waals surface area contributed by atoms with Gasteiger partial charge in [0.2, 0.25) is 0 Å². The summed E-state index contributed by atoms with van der Waals surface area (Å²) in [4.78, 5) is 28.4. The Balaban J connectivity index is 1.97. The Hall–Kier alpha value is -2.06. The van der Waals surface area contributed by atoms with E-state index < -0.39 is 29.3 Å². The van der Waals surface area contributed by atoms with Crippen molar-refractivity contribution in [2.45, 2.75) is 18.7 Å². The standard InChI is InChI=1S/C15H16N2O4S2/c1-3-23(20)12-7-5-4-6-11(12)14(19)21-8-13(18)17-15-16-10(2)9-22-15/h4-7,9H,3,8H2,1-2H3,(H,16,17,18). The normalized spacial score (nSPS) is 11.7. The number of aromatic nitrogens is 1. The Bertz CT molecular complexity index is 743. The van der Waals surface area contributed by atoms with E-state index in [2.05, 4.69) is 10.3 Å². The van der Waals surface area contributed by atoms with Gasteiger partial charge in [0.15, 0.2) is 11.7 Å². The van der Waals surface area contributed by atoms with Crippen molar-refractivity contribution in [1.82, 2.24) is 4.98 Å². The van der Waals surface area contributed by atoms with Crippen LogP contribution in [0.25, 0.3) is 0 Å². The molecule has 0 aliphatic carbocycles. The Morgan fingerprint density at radius 2 is 2.09 bits per heavy atom. The first-order chi connectivity index (χ1) is 11.0. The predicted molar refractivity (Wildman–Crippen MR) is 89.2 cm³/mol. The molecule has 1 amide bonds. The van der Waals surface area contributed by atoms with Gasteiger partial charge < -0.3 is 4.74 Å². The lowest BCUT2D eigenvalue weighted by Gasteiger charge is -2.08. The largest absolute Gasteiger partial charge is 0.452 e. The van der Waals surface area contributed by atoms with E-state index in [1.54, 1.807) is 30.5 Å². The number of esters is 1. The fourth-order valence-electron chi connectivity index (χ4n) is 1.76. The number of hydrogen-bond donors (Lipinski definition) is 1. The maximum absolute atomic E-state index is 12.1. The monoisotopic (exact) mass is 352 g/mol. The van der Waals surface area contributed by atoms with E-state index in [0.29, 0.717) is 15.8 Å². The van der Waals surface area contributed by atoms with Crippen LogP contribution >= 0.6 is 11.3 Å². The molecule has 1 atom stereocenters. The molecule has 122 valence electrons. The third-order valence-corrected chi connectivity index (χ3v) is 5.06. The molecule has 2 aromatic rings. The molecule has 0 aliphatic rings. The van der Waals surface area contributed by atoms with Gasteiger partial charge in [0.05, 0.1) is 27.0 Å². The van der Waals surface area contributed by atoms with Crippen LogP contribution in [0.2, 0.25) is 0 Å². The number of carbonyl (C=O) groups is 2. The molecule has 0 saturated carbocycles. The van der Waals surface area contributed by atoms with Gasteiger partial charge in [-0.3, -0.25) is 14.3 Å². The van der Waals surface area contributed by atoms with E-state index in [1.807, 2.05) is 6.92 Å². The summed E-state index contributed by atoms with van der Waals surface area (Å²) in [5, 5.41) is 4.81. The van der Waals surface area contributed by atoms with Gasteiger partial charge in [0.1, 0.15) is 0 Å². The first-order valence-corrected chi connectivity index (χ1v) is 9.07. The van der Waals surface area contributed by atoms with Gasteiger partial charge in [0.25, 0.3) is 5.91 Å². The van der Waals surface area contributed by atoms with Crippen LogP contribution in [0.1, 0.15) is 23.0 Å². The summed E-state index contributed by atoms with van der Waals surface area (Å²) >= 11 is 1.29. The quantitative estimate of drug-likeness (QED) is 0.807. The summed E-state index contributed by atoms with van der Waals surface area (Å²) in [6.07, 6.45) is 0. The zero-order valence-electron chi connectivity index (χ0n) is 12.7. The van der Waals surface area contributed by atoms with Gasteiger partial charge >= 0.3 is 5.97 Å². The molecule has 23 heavy (non-hydrogen) atoms. The van der Waals surface area contributed by atoms with Crippen molar-refractivity contribution in [1.29, 1.82) is 0 Å². The first-order valence-electron chi connectivity index (χ1n) is 6.87. The van der Waals surface area contributed by atoms with Gasteiger partial charge in [-0.1, -0.05) is 19.1 Å². The second-order valence-corrected chi connectivity index (χ2v) is 7.12. The number of carbonyl (C=O) groups excluding carboxylic acids is 2. The SMILES string of the molecule is CCS(=O)c1ccccc1C(=O)OCC(=O)Nc1nc(C)cs1. The molecule has 1 aromatic carbocycles. The number of rotatable bonds is 6. The maximum Gasteiger partial charge on any atom is 0.339 e. The zero-order valence-corrected chi connectivity index (χ0v) is 14.3. The summed E-state index contributed by atoms with van der Waals surface area (Å²) < 4.78 is 16.9. The average Bonchev–Trinajstić information content (AvgIpc) is 2.96. The highest BCUT2D eigenvalue weighted by atomic mass is 32.2. The van der Waals surface area contributed by atoms with Crippen LogP contribution in [-0.2, 0) is 20.3 Å². The summed E-state index contributed by atoms with van der Waals surface area (Å²) in [5.74, 6) is -0.747. The number of nitrogens with zero attached hydrogens (tertiary/aromatic N) is 1. The van der Waals surface area contributed by atoms with Crippen molar-refractivity contribution in [2.24, 2.45) is 0 Å². The summed E-state index contributed by atoms with van der Waals surface area (Å²) in [6.45, 7) is 3.16. The highest BCUT2D eigenvalue weighted by Gasteiger charge is 2.17. The van der Waals surface area contributed by atoms with E-state index in [9.17, 15) is 13.8 Å². The Kier molecular flexibility index (Phi) is 6.00. The Morgan fingerprint density at radius 1 is 1.35 bits per heavy atom.